The molecule has 5 heteroatoms. The standard InChI is InChI=1S/C11H14ClIN2O/c12-9-7-8(13)4-5-10(9)15-11(16)3-1-2-6-14/h4-5,7H,1-3,6,14H2,(H,15,16). The third kappa shape index (κ3) is 4.67. The number of carbonyl (C=O) groups excluding carboxylic acids is 1. The van der Waals surface area contributed by atoms with Gasteiger partial charge in [-0.15, -0.1) is 0 Å². The lowest BCUT2D eigenvalue weighted by atomic mass is 10.2. The van der Waals surface area contributed by atoms with Gasteiger partial charge in [0.05, 0.1) is 10.7 Å². The molecule has 3 nitrogen and oxygen atoms in total. The highest BCUT2D eigenvalue weighted by Gasteiger charge is 2.05. The fourth-order valence-corrected chi connectivity index (χ4v) is 2.14. The van der Waals surface area contributed by atoms with E-state index in [2.05, 4.69) is 27.9 Å². The first-order chi connectivity index (χ1) is 7.63. The van der Waals surface area contributed by atoms with Crippen LogP contribution in [-0.2, 0) is 4.79 Å². The molecule has 1 rings (SSSR count). The summed E-state index contributed by atoms with van der Waals surface area (Å²) in [6.45, 7) is 0.623. The minimum absolute atomic E-state index is 0.0171. The molecule has 0 aliphatic rings. The molecule has 1 aromatic rings. The number of nitrogens with two attached hydrogens (primary N) is 1. The van der Waals surface area contributed by atoms with Crippen molar-refractivity contribution in [1.29, 1.82) is 0 Å². The Hall–Kier alpha value is -0.330. The minimum Gasteiger partial charge on any atom is -0.330 e. The first kappa shape index (κ1) is 13.7. The van der Waals surface area contributed by atoms with Crippen molar-refractivity contribution in [3.8, 4) is 0 Å². The summed E-state index contributed by atoms with van der Waals surface area (Å²) in [5, 5.41) is 3.35. The van der Waals surface area contributed by atoms with Crippen molar-refractivity contribution in [2.45, 2.75) is 19.3 Å². The van der Waals surface area contributed by atoms with Crippen molar-refractivity contribution >= 4 is 45.8 Å². The lowest BCUT2D eigenvalue weighted by Gasteiger charge is -2.07. The van der Waals surface area contributed by atoms with E-state index in [-0.39, 0.29) is 5.91 Å². The first-order valence-electron chi connectivity index (χ1n) is 5.08. The van der Waals surface area contributed by atoms with Crippen LogP contribution in [0, 0.1) is 3.57 Å². The van der Waals surface area contributed by atoms with Crippen LogP contribution in [0.25, 0.3) is 0 Å². The van der Waals surface area contributed by atoms with Crippen LogP contribution >= 0.6 is 34.2 Å². The summed E-state index contributed by atoms with van der Waals surface area (Å²) in [7, 11) is 0. The van der Waals surface area contributed by atoms with Crippen molar-refractivity contribution in [3.63, 3.8) is 0 Å². The Morgan fingerprint density at radius 1 is 1.44 bits per heavy atom. The lowest BCUT2D eigenvalue weighted by molar-refractivity contribution is -0.116. The summed E-state index contributed by atoms with van der Waals surface area (Å²) in [5.74, 6) is -0.0171. The topological polar surface area (TPSA) is 55.1 Å². The molecule has 0 aliphatic carbocycles. The second kappa shape index (κ2) is 7.09. The van der Waals surface area contributed by atoms with Gasteiger partial charge in [0.15, 0.2) is 0 Å². The highest BCUT2D eigenvalue weighted by atomic mass is 127. The van der Waals surface area contributed by atoms with Crippen LogP contribution in [0.5, 0.6) is 0 Å². The Balaban J connectivity index is 2.49. The molecule has 0 spiro atoms. The molecule has 0 fully saturated rings. The largest absolute Gasteiger partial charge is 0.330 e. The Morgan fingerprint density at radius 2 is 2.19 bits per heavy atom. The van der Waals surface area contributed by atoms with Gasteiger partial charge in [-0.1, -0.05) is 11.6 Å². The quantitative estimate of drug-likeness (QED) is 0.632. The van der Waals surface area contributed by atoms with E-state index in [4.69, 9.17) is 17.3 Å². The molecule has 0 aliphatic heterocycles. The third-order valence-corrected chi connectivity index (χ3v) is 3.05. The molecule has 0 unspecified atom stereocenters. The zero-order valence-corrected chi connectivity index (χ0v) is 11.7. The van der Waals surface area contributed by atoms with Gasteiger partial charge in [-0.2, -0.15) is 0 Å². The zero-order valence-electron chi connectivity index (χ0n) is 8.80. The van der Waals surface area contributed by atoms with E-state index < -0.39 is 0 Å². The highest BCUT2D eigenvalue weighted by molar-refractivity contribution is 14.1. The molecule has 88 valence electrons. The van der Waals surface area contributed by atoms with E-state index in [0.717, 1.165) is 16.4 Å². The summed E-state index contributed by atoms with van der Waals surface area (Å²) in [4.78, 5) is 11.5. The first-order valence-corrected chi connectivity index (χ1v) is 6.54. The molecule has 1 aromatic carbocycles. The smallest absolute Gasteiger partial charge is 0.224 e. The van der Waals surface area contributed by atoms with Crippen LogP contribution in [0.3, 0.4) is 0 Å². The molecule has 0 heterocycles. The monoisotopic (exact) mass is 352 g/mol. The summed E-state index contributed by atoms with van der Waals surface area (Å²) in [6, 6.07) is 5.53. The van der Waals surface area contributed by atoms with Gasteiger partial charge >= 0.3 is 0 Å². The molecule has 0 bridgehead atoms. The Kier molecular flexibility index (Phi) is 6.08. The number of hydrogen-bond donors (Lipinski definition) is 2. The number of unbranched alkanes of at least 4 members (excludes halogenated alkanes) is 1. The van der Waals surface area contributed by atoms with Gasteiger partial charge in [0, 0.05) is 9.99 Å². The lowest BCUT2D eigenvalue weighted by Crippen LogP contribution is -2.12. The SMILES string of the molecule is NCCCCC(=O)Nc1ccc(I)cc1Cl. The maximum absolute atomic E-state index is 11.5. The second-order valence-corrected chi connectivity index (χ2v) is 5.07. The van der Waals surface area contributed by atoms with E-state index >= 15 is 0 Å². The predicted molar refractivity (Wildman–Crippen MR) is 75.7 cm³/mol. The van der Waals surface area contributed by atoms with Crippen LogP contribution in [0.4, 0.5) is 5.69 Å². The van der Waals surface area contributed by atoms with Crippen molar-refractivity contribution in [1.82, 2.24) is 0 Å². The molecule has 0 saturated heterocycles. The molecule has 3 N–H and O–H groups in total. The van der Waals surface area contributed by atoms with E-state index in [0.29, 0.717) is 23.7 Å². The van der Waals surface area contributed by atoms with Crippen LogP contribution < -0.4 is 11.1 Å². The summed E-state index contributed by atoms with van der Waals surface area (Å²) in [6.07, 6.45) is 2.16. The molecular formula is C11H14ClIN2O. The van der Waals surface area contributed by atoms with Gasteiger partial charge in [-0.25, -0.2) is 0 Å². The average molecular weight is 353 g/mol. The van der Waals surface area contributed by atoms with Crippen LogP contribution in [0.1, 0.15) is 19.3 Å². The molecule has 0 atom stereocenters. The van der Waals surface area contributed by atoms with Gasteiger partial charge in [0.2, 0.25) is 5.91 Å². The van der Waals surface area contributed by atoms with Crippen LogP contribution in [0.2, 0.25) is 5.02 Å². The number of anilines is 1. The van der Waals surface area contributed by atoms with E-state index in [9.17, 15) is 4.79 Å². The maximum atomic E-state index is 11.5. The average Bonchev–Trinajstić information content (AvgIpc) is 2.23. The van der Waals surface area contributed by atoms with Crippen LogP contribution in [-0.4, -0.2) is 12.5 Å². The van der Waals surface area contributed by atoms with Gasteiger partial charge in [-0.3, -0.25) is 4.79 Å². The number of rotatable bonds is 5. The Morgan fingerprint density at radius 3 is 2.81 bits per heavy atom. The molecule has 0 aromatic heterocycles. The fourth-order valence-electron chi connectivity index (χ4n) is 1.23. The van der Waals surface area contributed by atoms with E-state index in [1.54, 1.807) is 0 Å². The van der Waals surface area contributed by atoms with Gasteiger partial charge in [0.25, 0.3) is 0 Å². The van der Waals surface area contributed by atoms with E-state index in [1.807, 2.05) is 18.2 Å². The maximum Gasteiger partial charge on any atom is 0.224 e. The molecule has 0 radical (unpaired) electrons. The number of halogens is 2. The van der Waals surface area contributed by atoms with E-state index in [1.165, 1.54) is 0 Å². The molecule has 1 amide bonds. The Bertz CT molecular complexity index is 371. The molecule has 0 saturated carbocycles. The molecular weight excluding hydrogens is 338 g/mol. The van der Waals surface area contributed by atoms with Gasteiger partial charge < -0.3 is 11.1 Å². The van der Waals surface area contributed by atoms with Crippen molar-refractivity contribution in [2.75, 3.05) is 11.9 Å². The molecule has 16 heavy (non-hydrogen) atoms. The van der Waals surface area contributed by atoms with Crippen molar-refractivity contribution in [3.05, 3.63) is 26.8 Å². The fraction of sp³-hybridized carbons (Fsp3) is 0.364. The number of nitrogens with one attached hydrogen (secondary N) is 1. The Labute approximate surface area is 114 Å². The minimum atomic E-state index is -0.0171. The number of benzene rings is 1. The van der Waals surface area contributed by atoms with Gasteiger partial charge in [0.1, 0.15) is 0 Å². The van der Waals surface area contributed by atoms with Crippen LogP contribution in [0.15, 0.2) is 18.2 Å². The highest BCUT2D eigenvalue weighted by Crippen LogP contribution is 2.23. The number of amides is 1. The zero-order chi connectivity index (χ0) is 12.0. The normalized spacial score (nSPS) is 10.2. The summed E-state index contributed by atoms with van der Waals surface area (Å²) < 4.78 is 1.05. The second-order valence-electron chi connectivity index (χ2n) is 3.42. The third-order valence-electron chi connectivity index (χ3n) is 2.06. The predicted octanol–water partition coefficient (Wildman–Crippen LogP) is 3.01. The van der Waals surface area contributed by atoms with Gasteiger partial charge in [-0.05, 0) is 60.2 Å². The number of carbonyl (C=O) groups is 1. The number of hydrogen-bond acceptors (Lipinski definition) is 2. The summed E-state index contributed by atoms with van der Waals surface area (Å²) in [5.41, 5.74) is 6.02. The summed E-state index contributed by atoms with van der Waals surface area (Å²) >= 11 is 8.17. The van der Waals surface area contributed by atoms with Crippen molar-refractivity contribution in [2.24, 2.45) is 5.73 Å². The van der Waals surface area contributed by atoms with Crippen molar-refractivity contribution < 1.29 is 4.79 Å².